The van der Waals surface area contributed by atoms with Gasteiger partial charge in [0.05, 0.1) is 31.4 Å². The Morgan fingerprint density at radius 2 is 2.28 bits per heavy atom. The second-order valence-electron chi connectivity index (χ2n) is 3.57. The zero-order valence-corrected chi connectivity index (χ0v) is 11.7. The monoisotopic (exact) mass is 286 g/mol. The average molecular weight is 287 g/mol. The van der Waals surface area contributed by atoms with Gasteiger partial charge in [-0.3, -0.25) is 0 Å². The van der Waals surface area contributed by atoms with Crippen molar-refractivity contribution in [1.82, 2.24) is 9.97 Å². The standard InChI is InChI=1S/C12H15ClN2O2S/c1-16-9-2-3-10-11(8-9)15-12(14-10)18-7-6-17-5-4-13/h2-3,8H,4-7H2,1H3,(H,14,15). The maximum Gasteiger partial charge on any atom is 0.166 e. The van der Waals surface area contributed by atoms with Crippen LogP contribution in [0.5, 0.6) is 5.75 Å². The van der Waals surface area contributed by atoms with E-state index in [4.69, 9.17) is 21.1 Å². The van der Waals surface area contributed by atoms with Crippen LogP contribution in [0.25, 0.3) is 11.0 Å². The first-order valence-corrected chi connectivity index (χ1v) is 7.16. The predicted octanol–water partition coefficient (Wildman–Crippen LogP) is 2.92. The van der Waals surface area contributed by atoms with Crippen molar-refractivity contribution < 1.29 is 9.47 Å². The molecule has 0 bridgehead atoms. The Labute approximate surface area is 115 Å². The van der Waals surface area contributed by atoms with E-state index in [1.165, 1.54) is 0 Å². The van der Waals surface area contributed by atoms with Gasteiger partial charge in [-0.25, -0.2) is 4.98 Å². The molecule has 0 radical (unpaired) electrons. The minimum atomic E-state index is 0.537. The molecule has 0 spiro atoms. The van der Waals surface area contributed by atoms with Crippen LogP contribution >= 0.6 is 23.4 Å². The summed E-state index contributed by atoms with van der Waals surface area (Å²) in [6.07, 6.45) is 0. The number of halogens is 1. The Bertz CT molecular complexity index is 504. The molecule has 98 valence electrons. The molecule has 0 unspecified atom stereocenters. The number of fused-ring (bicyclic) bond motifs is 1. The number of aromatic amines is 1. The van der Waals surface area contributed by atoms with E-state index in [0.717, 1.165) is 27.7 Å². The highest BCUT2D eigenvalue weighted by molar-refractivity contribution is 7.99. The fraction of sp³-hybridized carbons (Fsp3) is 0.417. The summed E-state index contributed by atoms with van der Waals surface area (Å²) in [6.45, 7) is 1.27. The van der Waals surface area contributed by atoms with Gasteiger partial charge in [0, 0.05) is 17.7 Å². The molecule has 0 aliphatic rings. The van der Waals surface area contributed by atoms with Crippen molar-refractivity contribution in [3.05, 3.63) is 18.2 Å². The van der Waals surface area contributed by atoms with Crippen LogP contribution in [0, 0.1) is 0 Å². The van der Waals surface area contributed by atoms with Gasteiger partial charge >= 0.3 is 0 Å². The van der Waals surface area contributed by atoms with Gasteiger partial charge in [0.2, 0.25) is 0 Å². The van der Waals surface area contributed by atoms with E-state index in [9.17, 15) is 0 Å². The van der Waals surface area contributed by atoms with Gasteiger partial charge in [0.25, 0.3) is 0 Å². The largest absolute Gasteiger partial charge is 0.497 e. The van der Waals surface area contributed by atoms with Gasteiger partial charge in [-0.2, -0.15) is 0 Å². The van der Waals surface area contributed by atoms with Crippen LogP contribution in [0.4, 0.5) is 0 Å². The Balaban J connectivity index is 1.93. The van der Waals surface area contributed by atoms with Crippen LogP contribution in [0.3, 0.4) is 0 Å². The molecule has 0 atom stereocenters. The molecule has 1 aromatic carbocycles. The Hall–Kier alpha value is -0.910. The third kappa shape index (κ3) is 3.54. The Morgan fingerprint density at radius 3 is 3.06 bits per heavy atom. The van der Waals surface area contributed by atoms with Crippen molar-refractivity contribution >= 4 is 34.4 Å². The number of hydrogen-bond acceptors (Lipinski definition) is 4. The SMILES string of the molecule is COc1ccc2nc(SCCOCCCl)[nH]c2c1. The Kier molecular flexibility index (Phi) is 5.16. The third-order valence-electron chi connectivity index (χ3n) is 2.36. The highest BCUT2D eigenvalue weighted by atomic mass is 35.5. The van der Waals surface area contributed by atoms with Crippen LogP contribution < -0.4 is 4.74 Å². The maximum atomic E-state index is 5.52. The fourth-order valence-corrected chi connectivity index (χ4v) is 2.36. The molecule has 1 N–H and O–H groups in total. The van der Waals surface area contributed by atoms with E-state index in [1.807, 2.05) is 18.2 Å². The van der Waals surface area contributed by atoms with Gasteiger partial charge in [0.15, 0.2) is 5.16 Å². The number of alkyl halides is 1. The van der Waals surface area contributed by atoms with Gasteiger partial charge in [-0.05, 0) is 12.1 Å². The van der Waals surface area contributed by atoms with Crippen molar-refractivity contribution in [2.45, 2.75) is 5.16 Å². The molecule has 6 heteroatoms. The second kappa shape index (κ2) is 6.87. The zero-order valence-electron chi connectivity index (χ0n) is 10.1. The van der Waals surface area contributed by atoms with Crippen molar-refractivity contribution in [2.75, 3.05) is 32.0 Å². The lowest BCUT2D eigenvalue weighted by atomic mass is 10.3. The lowest BCUT2D eigenvalue weighted by Gasteiger charge is -1.99. The van der Waals surface area contributed by atoms with Crippen LogP contribution in [0.15, 0.2) is 23.4 Å². The lowest BCUT2D eigenvalue weighted by molar-refractivity contribution is 0.166. The van der Waals surface area contributed by atoms with E-state index in [0.29, 0.717) is 19.1 Å². The van der Waals surface area contributed by atoms with E-state index in [1.54, 1.807) is 18.9 Å². The second-order valence-corrected chi connectivity index (χ2v) is 5.04. The Morgan fingerprint density at radius 1 is 1.39 bits per heavy atom. The molecule has 2 aromatic rings. The van der Waals surface area contributed by atoms with Gasteiger partial charge < -0.3 is 14.5 Å². The number of H-pyrrole nitrogens is 1. The van der Waals surface area contributed by atoms with E-state index >= 15 is 0 Å². The number of nitrogens with zero attached hydrogens (tertiary/aromatic N) is 1. The summed E-state index contributed by atoms with van der Waals surface area (Å²) in [5.74, 6) is 2.22. The van der Waals surface area contributed by atoms with Gasteiger partial charge in [0.1, 0.15) is 5.75 Å². The smallest absolute Gasteiger partial charge is 0.166 e. The summed E-state index contributed by atoms with van der Waals surface area (Å²) in [4.78, 5) is 7.73. The molecular formula is C12H15ClN2O2S. The van der Waals surface area contributed by atoms with Crippen LogP contribution in [0.2, 0.25) is 0 Å². The zero-order chi connectivity index (χ0) is 12.8. The fourth-order valence-electron chi connectivity index (χ4n) is 1.51. The van der Waals surface area contributed by atoms with Crippen LogP contribution in [-0.4, -0.2) is 41.9 Å². The molecule has 0 saturated heterocycles. The number of aromatic nitrogens is 2. The molecule has 2 rings (SSSR count). The molecule has 1 aromatic heterocycles. The van der Waals surface area contributed by atoms with E-state index in [2.05, 4.69) is 9.97 Å². The molecule has 0 aliphatic carbocycles. The van der Waals surface area contributed by atoms with Gasteiger partial charge in [-0.1, -0.05) is 11.8 Å². The number of hydrogen-bond donors (Lipinski definition) is 1. The average Bonchev–Trinajstić information content (AvgIpc) is 2.80. The molecule has 0 fully saturated rings. The summed E-state index contributed by atoms with van der Waals surface area (Å²) < 4.78 is 10.5. The summed E-state index contributed by atoms with van der Waals surface area (Å²) >= 11 is 7.15. The van der Waals surface area contributed by atoms with E-state index < -0.39 is 0 Å². The predicted molar refractivity (Wildman–Crippen MR) is 74.9 cm³/mol. The van der Waals surface area contributed by atoms with E-state index in [-0.39, 0.29) is 0 Å². The van der Waals surface area contributed by atoms with Crippen molar-refractivity contribution in [2.24, 2.45) is 0 Å². The van der Waals surface area contributed by atoms with Crippen molar-refractivity contribution in [3.63, 3.8) is 0 Å². The highest BCUT2D eigenvalue weighted by Crippen LogP contribution is 2.22. The number of methoxy groups -OCH3 is 1. The first kappa shape index (κ1) is 13.5. The summed E-state index contributed by atoms with van der Waals surface area (Å²) in [5, 5.41) is 0.896. The summed E-state index contributed by atoms with van der Waals surface area (Å²) in [5.41, 5.74) is 1.93. The van der Waals surface area contributed by atoms with Crippen LogP contribution in [0.1, 0.15) is 0 Å². The van der Waals surface area contributed by atoms with Crippen molar-refractivity contribution in [1.29, 1.82) is 0 Å². The lowest BCUT2D eigenvalue weighted by Crippen LogP contribution is -1.99. The minimum absolute atomic E-state index is 0.537. The number of rotatable bonds is 7. The quantitative estimate of drug-likeness (QED) is 0.483. The first-order valence-electron chi connectivity index (χ1n) is 5.64. The normalized spacial score (nSPS) is 11.0. The topological polar surface area (TPSA) is 47.1 Å². The molecule has 0 saturated carbocycles. The number of imidazole rings is 1. The highest BCUT2D eigenvalue weighted by Gasteiger charge is 2.04. The third-order valence-corrected chi connectivity index (χ3v) is 3.35. The summed E-state index contributed by atoms with van der Waals surface area (Å²) in [7, 11) is 1.65. The molecule has 0 amide bonds. The number of thioether (sulfide) groups is 1. The van der Waals surface area contributed by atoms with Gasteiger partial charge in [-0.15, -0.1) is 11.6 Å². The van der Waals surface area contributed by atoms with Crippen molar-refractivity contribution in [3.8, 4) is 5.75 Å². The maximum absolute atomic E-state index is 5.52. The minimum Gasteiger partial charge on any atom is -0.497 e. The molecule has 1 heterocycles. The molecule has 18 heavy (non-hydrogen) atoms. The molecule has 0 aliphatic heterocycles. The number of ether oxygens (including phenoxy) is 2. The number of benzene rings is 1. The first-order chi connectivity index (χ1) is 8.83. The molecule has 4 nitrogen and oxygen atoms in total. The number of nitrogens with one attached hydrogen (secondary N) is 1. The van der Waals surface area contributed by atoms with Crippen LogP contribution in [-0.2, 0) is 4.74 Å². The summed E-state index contributed by atoms with van der Waals surface area (Å²) in [6, 6.07) is 5.79. The molecular weight excluding hydrogens is 272 g/mol.